The molecule has 0 aliphatic heterocycles. The summed E-state index contributed by atoms with van der Waals surface area (Å²) in [6.45, 7) is 7.32. The van der Waals surface area contributed by atoms with Gasteiger partial charge in [-0.15, -0.1) is 0 Å². The fraction of sp³-hybridized carbons (Fsp3) is 0.556. The summed E-state index contributed by atoms with van der Waals surface area (Å²) in [4.78, 5) is 13.7. The van der Waals surface area contributed by atoms with Gasteiger partial charge in [0.15, 0.2) is 0 Å². The summed E-state index contributed by atoms with van der Waals surface area (Å²) < 4.78 is 30.0. The van der Waals surface area contributed by atoms with Crippen molar-refractivity contribution in [3.8, 4) is 0 Å². The first-order valence-corrected chi connectivity index (χ1v) is 18.3. The molecule has 5 rings (SSSR count). The number of benzene rings is 2. The van der Waals surface area contributed by atoms with Crippen molar-refractivity contribution in [2.24, 2.45) is 16.6 Å². The molecule has 0 saturated heterocycles. The van der Waals surface area contributed by atoms with Crippen LogP contribution in [-0.2, 0) is 25.0 Å². The van der Waals surface area contributed by atoms with Crippen LogP contribution in [0.15, 0.2) is 59.5 Å². The Balaban J connectivity index is 1.29. The van der Waals surface area contributed by atoms with E-state index in [-0.39, 0.29) is 37.0 Å². The zero-order valence-corrected chi connectivity index (χ0v) is 27.6. The number of carbonyl (C=O) groups is 1. The highest BCUT2D eigenvalue weighted by atomic mass is 31.2. The SMILES string of the molecule is CCOP(=O)(N=CC1CCC(NC(=O)CC(c2cccc(C)c2)c2cn(CC3CCCCC3)c3ccccc23)CC1)OCC. The van der Waals surface area contributed by atoms with E-state index in [9.17, 15) is 9.36 Å². The van der Waals surface area contributed by atoms with Crippen LogP contribution in [0, 0.1) is 18.8 Å². The van der Waals surface area contributed by atoms with Gasteiger partial charge in [-0.2, -0.15) is 4.76 Å². The van der Waals surface area contributed by atoms with Gasteiger partial charge in [-0.3, -0.25) is 13.8 Å². The number of aromatic nitrogens is 1. The van der Waals surface area contributed by atoms with Gasteiger partial charge in [-0.25, -0.2) is 4.57 Å². The first-order valence-electron chi connectivity index (χ1n) is 16.8. The number of fused-ring (bicyclic) bond motifs is 1. The maximum absolute atomic E-state index is 13.7. The Labute approximate surface area is 263 Å². The van der Waals surface area contributed by atoms with Gasteiger partial charge in [-0.05, 0) is 88.3 Å². The zero-order valence-electron chi connectivity index (χ0n) is 26.7. The van der Waals surface area contributed by atoms with Crippen LogP contribution < -0.4 is 5.32 Å². The summed E-state index contributed by atoms with van der Waals surface area (Å²) in [7, 11) is -3.43. The highest BCUT2D eigenvalue weighted by molar-refractivity contribution is 7.52. The second-order valence-corrected chi connectivity index (χ2v) is 14.4. The minimum atomic E-state index is -3.43. The Bertz CT molecular complexity index is 1440. The molecule has 0 radical (unpaired) electrons. The van der Waals surface area contributed by atoms with Crippen molar-refractivity contribution in [3.63, 3.8) is 0 Å². The molecule has 8 heteroatoms. The third-order valence-corrected chi connectivity index (χ3v) is 10.9. The maximum Gasteiger partial charge on any atom is 0.453 e. The van der Waals surface area contributed by atoms with Gasteiger partial charge >= 0.3 is 7.75 Å². The molecular formula is C36H50N3O4P. The normalized spacial score (nSPS) is 20.7. The Morgan fingerprint density at radius 3 is 2.43 bits per heavy atom. The molecule has 1 unspecified atom stereocenters. The number of carbonyl (C=O) groups excluding carboxylic acids is 1. The second kappa shape index (κ2) is 15.5. The number of nitrogens with one attached hydrogen (secondary N) is 1. The Hall–Kier alpha value is -2.73. The molecule has 1 amide bonds. The molecule has 2 aromatic carbocycles. The lowest BCUT2D eigenvalue weighted by Gasteiger charge is -2.28. The van der Waals surface area contributed by atoms with Crippen LogP contribution in [0.5, 0.6) is 0 Å². The number of hydrogen-bond acceptors (Lipinski definition) is 4. The summed E-state index contributed by atoms with van der Waals surface area (Å²) in [5.74, 6) is 0.989. The molecule has 2 fully saturated rings. The van der Waals surface area contributed by atoms with E-state index in [2.05, 4.69) is 76.3 Å². The lowest BCUT2D eigenvalue weighted by atomic mass is 9.85. The number of amides is 1. The fourth-order valence-electron chi connectivity index (χ4n) is 7.14. The van der Waals surface area contributed by atoms with E-state index < -0.39 is 7.75 Å². The van der Waals surface area contributed by atoms with Crippen LogP contribution in [0.1, 0.15) is 101 Å². The lowest BCUT2D eigenvalue weighted by Crippen LogP contribution is -2.38. The molecule has 0 bridgehead atoms. The van der Waals surface area contributed by atoms with E-state index in [1.54, 1.807) is 20.1 Å². The monoisotopic (exact) mass is 619 g/mol. The molecule has 1 N–H and O–H groups in total. The van der Waals surface area contributed by atoms with Crippen LogP contribution in [0.3, 0.4) is 0 Å². The third-order valence-electron chi connectivity index (χ3n) is 9.35. The number of hydrogen-bond donors (Lipinski definition) is 1. The topological polar surface area (TPSA) is 81.9 Å². The number of rotatable bonds is 13. The molecule has 1 heterocycles. The van der Waals surface area contributed by atoms with Crippen LogP contribution >= 0.6 is 7.75 Å². The van der Waals surface area contributed by atoms with Crippen molar-refractivity contribution in [2.75, 3.05) is 13.2 Å². The first kappa shape index (κ1) is 32.7. The van der Waals surface area contributed by atoms with Crippen LogP contribution in [0.25, 0.3) is 10.9 Å². The van der Waals surface area contributed by atoms with Gasteiger partial charge in [0.2, 0.25) is 5.91 Å². The van der Waals surface area contributed by atoms with E-state index in [1.165, 1.54) is 59.7 Å². The number of nitrogens with zero attached hydrogens (tertiary/aromatic N) is 2. The van der Waals surface area contributed by atoms with E-state index >= 15 is 0 Å². The summed E-state index contributed by atoms with van der Waals surface area (Å²) in [6.07, 6.45) is 14.6. The van der Waals surface area contributed by atoms with Gasteiger partial charge in [0.25, 0.3) is 0 Å². The Morgan fingerprint density at radius 2 is 1.73 bits per heavy atom. The molecule has 1 aromatic heterocycles. The molecule has 2 aliphatic rings. The third kappa shape index (κ3) is 8.50. The standard InChI is InChI=1S/C36H50N3O4P/c1-4-42-44(41,43-5-2)37-24-28-18-20-31(21-19-28)38-36(40)23-33(30-15-11-12-27(3)22-30)34-26-39(25-29-13-7-6-8-14-29)35-17-10-9-16-32(34)35/h9-12,15-17,22,24,26,28-29,31,33H,4-8,13-14,18-21,23,25H2,1-3H3,(H,38,40). The van der Waals surface area contributed by atoms with Crippen molar-refractivity contribution < 1.29 is 18.4 Å². The van der Waals surface area contributed by atoms with Crippen LogP contribution in [0.2, 0.25) is 0 Å². The maximum atomic E-state index is 13.7. The van der Waals surface area contributed by atoms with Crippen molar-refractivity contribution in [2.45, 2.75) is 103 Å². The molecule has 2 saturated carbocycles. The quantitative estimate of drug-likeness (QED) is 0.153. The van der Waals surface area contributed by atoms with Gasteiger partial charge < -0.3 is 9.88 Å². The van der Waals surface area contributed by atoms with E-state index in [1.807, 2.05) is 0 Å². The van der Waals surface area contributed by atoms with E-state index in [4.69, 9.17) is 9.05 Å². The minimum Gasteiger partial charge on any atom is -0.353 e. The average molecular weight is 620 g/mol. The first-order chi connectivity index (χ1) is 21.4. The van der Waals surface area contributed by atoms with Crippen molar-refractivity contribution in [3.05, 3.63) is 71.4 Å². The smallest absolute Gasteiger partial charge is 0.353 e. The van der Waals surface area contributed by atoms with Crippen molar-refractivity contribution in [1.29, 1.82) is 0 Å². The largest absolute Gasteiger partial charge is 0.453 e. The molecule has 0 spiro atoms. The molecular weight excluding hydrogens is 569 g/mol. The predicted molar refractivity (Wildman–Crippen MR) is 179 cm³/mol. The summed E-state index contributed by atoms with van der Waals surface area (Å²) in [5.41, 5.74) is 4.90. The van der Waals surface area contributed by atoms with Crippen molar-refractivity contribution in [1.82, 2.24) is 9.88 Å². The zero-order chi connectivity index (χ0) is 30.9. The minimum absolute atomic E-state index is 0.0258. The summed E-state index contributed by atoms with van der Waals surface area (Å²) in [5, 5.41) is 4.61. The summed E-state index contributed by atoms with van der Waals surface area (Å²) in [6, 6.07) is 17.5. The number of para-hydroxylation sites is 1. The van der Waals surface area contributed by atoms with Gasteiger partial charge in [-0.1, -0.05) is 67.3 Å². The fourth-order valence-corrected chi connectivity index (χ4v) is 8.35. The van der Waals surface area contributed by atoms with Crippen molar-refractivity contribution >= 4 is 30.8 Å². The van der Waals surface area contributed by atoms with Gasteiger partial charge in [0.1, 0.15) is 0 Å². The Morgan fingerprint density at radius 1 is 1.00 bits per heavy atom. The predicted octanol–water partition coefficient (Wildman–Crippen LogP) is 8.98. The number of aryl methyl sites for hydroxylation is 1. The average Bonchev–Trinajstić information content (AvgIpc) is 3.38. The highest BCUT2D eigenvalue weighted by Crippen LogP contribution is 2.49. The van der Waals surface area contributed by atoms with Gasteiger partial charge in [0.05, 0.1) is 13.2 Å². The molecule has 3 aromatic rings. The molecule has 7 nitrogen and oxygen atoms in total. The van der Waals surface area contributed by atoms with Crippen LogP contribution in [-0.4, -0.2) is 35.9 Å². The molecule has 44 heavy (non-hydrogen) atoms. The molecule has 2 aliphatic carbocycles. The van der Waals surface area contributed by atoms with Crippen LogP contribution in [0.4, 0.5) is 0 Å². The second-order valence-electron chi connectivity index (χ2n) is 12.7. The van der Waals surface area contributed by atoms with Gasteiger partial charge in [0, 0.05) is 48.2 Å². The molecule has 1 atom stereocenters. The highest BCUT2D eigenvalue weighted by Gasteiger charge is 2.28. The molecule has 238 valence electrons. The van der Waals surface area contributed by atoms with E-state index in [0.29, 0.717) is 6.42 Å². The van der Waals surface area contributed by atoms with E-state index in [0.717, 1.165) is 38.1 Å². The Kier molecular flexibility index (Phi) is 11.5. The summed E-state index contributed by atoms with van der Waals surface area (Å²) >= 11 is 0. The lowest BCUT2D eigenvalue weighted by molar-refractivity contribution is -0.122.